The second kappa shape index (κ2) is 5.98. The number of carbonyl (C=O) groups is 2. The van der Waals surface area contributed by atoms with Crippen molar-refractivity contribution in [2.75, 3.05) is 6.54 Å². The molecule has 3 aliphatic rings. The lowest BCUT2D eigenvalue weighted by Gasteiger charge is -2.37. The third kappa shape index (κ3) is 3.98. The molecule has 4 nitrogen and oxygen atoms in total. The number of amides is 1. The molecule has 0 aromatic heterocycles. The summed E-state index contributed by atoms with van der Waals surface area (Å²) in [6.45, 7) is 0.923. The largest absolute Gasteiger partial charge is 0.481 e. The van der Waals surface area contributed by atoms with Gasteiger partial charge in [0.05, 0.1) is 6.42 Å². The van der Waals surface area contributed by atoms with Crippen LogP contribution in [-0.4, -0.2) is 34.5 Å². The maximum atomic E-state index is 12.8. The average molecular weight is 293 g/mol. The lowest BCUT2D eigenvalue weighted by Crippen LogP contribution is -2.40. The lowest BCUT2D eigenvalue weighted by atomic mass is 9.69. The highest BCUT2D eigenvalue weighted by Gasteiger charge is 2.41. The predicted molar refractivity (Wildman–Crippen MR) is 79.8 cm³/mol. The van der Waals surface area contributed by atoms with Crippen molar-refractivity contribution >= 4 is 11.9 Å². The molecule has 0 aliphatic heterocycles. The molecule has 0 radical (unpaired) electrons. The number of rotatable bonds is 7. The fourth-order valence-electron chi connectivity index (χ4n) is 3.88. The first-order chi connectivity index (χ1) is 10.1. The number of carboxylic acid groups (broad SMARTS) is 1. The summed E-state index contributed by atoms with van der Waals surface area (Å²) in [6.07, 6.45) is 10.6. The molecule has 0 aromatic rings. The quantitative estimate of drug-likeness (QED) is 0.784. The first-order valence-electron chi connectivity index (χ1n) is 8.59. The first-order valence-corrected chi connectivity index (χ1v) is 8.59. The molecule has 4 heteroatoms. The van der Waals surface area contributed by atoms with Gasteiger partial charge in [0.15, 0.2) is 0 Å². The summed E-state index contributed by atoms with van der Waals surface area (Å²) < 4.78 is 0. The molecule has 0 aromatic carbocycles. The zero-order valence-corrected chi connectivity index (χ0v) is 12.9. The lowest BCUT2D eigenvalue weighted by molar-refractivity contribution is -0.142. The van der Waals surface area contributed by atoms with Crippen LogP contribution in [-0.2, 0) is 9.59 Å². The number of carbonyl (C=O) groups excluding carboxylic acids is 1. The van der Waals surface area contributed by atoms with Crippen LogP contribution in [0.1, 0.15) is 70.6 Å². The van der Waals surface area contributed by atoms with Crippen LogP contribution in [0.25, 0.3) is 0 Å². The Hall–Kier alpha value is -1.06. The van der Waals surface area contributed by atoms with Gasteiger partial charge in [-0.1, -0.05) is 19.3 Å². The van der Waals surface area contributed by atoms with Crippen LogP contribution in [0.5, 0.6) is 0 Å². The highest BCUT2D eigenvalue weighted by molar-refractivity contribution is 5.79. The second-order valence-electron chi connectivity index (χ2n) is 7.53. The Morgan fingerprint density at radius 2 is 1.67 bits per heavy atom. The molecule has 3 rings (SSSR count). The normalized spacial score (nSPS) is 24.6. The highest BCUT2D eigenvalue weighted by Crippen LogP contribution is 2.44. The molecule has 1 N–H and O–H groups in total. The van der Waals surface area contributed by atoms with E-state index in [9.17, 15) is 14.7 Å². The van der Waals surface area contributed by atoms with E-state index in [-0.39, 0.29) is 17.7 Å². The smallest absolute Gasteiger partial charge is 0.303 e. The molecule has 0 bridgehead atoms. The summed E-state index contributed by atoms with van der Waals surface area (Å²) in [4.78, 5) is 26.1. The third-order valence-electron chi connectivity index (χ3n) is 5.43. The Balaban J connectivity index is 1.64. The van der Waals surface area contributed by atoms with Gasteiger partial charge in [-0.3, -0.25) is 9.59 Å². The van der Waals surface area contributed by atoms with Gasteiger partial charge >= 0.3 is 5.97 Å². The van der Waals surface area contributed by atoms with E-state index in [2.05, 4.69) is 4.90 Å². The van der Waals surface area contributed by atoms with Crippen LogP contribution >= 0.6 is 0 Å². The Morgan fingerprint density at radius 3 is 2.19 bits per heavy atom. The molecule has 1 amide bonds. The van der Waals surface area contributed by atoms with Gasteiger partial charge in [-0.2, -0.15) is 0 Å². The van der Waals surface area contributed by atoms with Crippen molar-refractivity contribution in [2.24, 2.45) is 11.3 Å². The summed E-state index contributed by atoms with van der Waals surface area (Å²) >= 11 is 0. The molecule has 0 saturated heterocycles. The molecule has 0 atom stereocenters. The predicted octanol–water partition coefficient (Wildman–Crippen LogP) is 3.20. The molecule has 0 spiro atoms. The molecule has 0 heterocycles. The van der Waals surface area contributed by atoms with Crippen molar-refractivity contribution < 1.29 is 14.7 Å². The molecule has 0 unspecified atom stereocenters. The van der Waals surface area contributed by atoms with Crippen LogP contribution in [0, 0.1) is 11.3 Å². The summed E-state index contributed by atoms with van der Waals surface area (Å²) in [5.41, 5.74) is -0.266. The van der Waals surface area contributed by atoms with Crippen LogP contribution in [0.2, 0.25) is 0 Å². The van der Waals surface area contributed by atoms with Crippen LogP contribution in [0.4, 0.5) is 0 Å². The maximum Gasteiger partial charge on any atom is 0.303 e. The van der Waals surface area contributed by atoms with Gasteiger partial charge in [0.25, 0.3) is 0 Å². The minimum atomic E-state index is -0.745. The fourth-order valence-corrected chi connectivity index (χ4v) is 3.88. The molecular weight excluding hydrogens is 266 g/mol. The van der Waals surface area contributed by atoms with Crippen molar-refractivity contribution in [1.82, 2.24) is 4.90 Å². The molecular formula is C17H27NO3. The van der Waals surface area contributed by atoms with Gasteiger partial charge in [0.1, 0.15) is 0 Å². The van der Waals surface area contributed by atoms with Gasteiger partial charge in [-0.05, 0) is 49.9 Å². The van der Waals surface area contributed by atoms with Crippen LogP contribution < -0.4 is 0 Å². The topological polar surface area (TPSA) is 57.6 Å². The summed E-state index contributed by atoms with van der Waals surface area (Å²) in [7, 11) is 0. The van der Waals surface area contributed by atoms with Crippen molar-refractivity contribution in [3.8, 4) is 0 Å². The van der Waals surface area contributed by atoms with E-state index >= 15 is 0 Å². The van der Waals surface area contributed by atoms with E-state index in [0.29, 0.717) is 12.5 Å². The van der Waals surface area contributed by atoms with Crippen LogP contribution in [0.3, 0.4) is 0 Å². The van der Waals surface area contributed by atoms with Crippen molar-refractivity contribution in [1.29, 1.82) is 0 Å². The zero-order valence-electron chi connectivity index (χ0n) is 12.9. The number of hydrogen-bond acceptors (Lipinski definition) is 2. The Morgan fingerprint density at radius 1 is 1.00 bits per heavy atom. The van der Waals surface area contributed by atoms with Crippen molar-refractivity contribution in [3.05, 3.63) is 0 Å². The Bertz CT molecular complexity index is 406. The molecule has 3 aliphatic carbocycles. The summed E-state index contributed by atoms with van der Waals surface area (Å²) in [5, 5.41) is 9.23. The van der Waals surface area contributed by atoms with Crippen molar-refractivity contribution in [2.45, 2.75) is 76.7 Å². The fraction of sp³-hybridized carbons (Fsp3) is 0.882. The highest BCUT2D eigenvalue weighted by atomic mass is 16.4. The molecule has 118 valence electrons. The monoisotopic (exact) mass is 293 g/mol. The Kier molecular flexibility index (Phi) is 4.23. The first kappa shape index (κ1) is 14.9. The van der Waals surface area contributed by atoms with Gasteiger partial charge < -0.3 is 10.0 Å². The Labute approximate surface area is 126 Å². The van der Waals surface area contributed by atoms with E-state index < -0.39 is 5.97 Å². The number of nitrogens with zero attached hydrogens (tertiary/aromatic N) is 1. The van der Waals surface area contributed by atoms with Crippen molar-refractivity contribution in [3.63, 3.8) is 0 Å². The van der Waals surface area contributed by atoms with Gasteiger partial charge in [0.2, 0.25) is 5.91 Å². The standard InChI is InChI=1S/C17H27NO3/c19-15(18(14-6-7-14)12-13-4-5-13)10-17(11-16(20)21)8-2-1-3-9-17/h13-14H,1-12H2,(H,20,21). The zero-order chi connectivity index (χ0) is 14.9. The second-order valence-corrected chi connectivity index (χ2v) is 7.53. The van der Waals surface area contributed by atoms with Gasteiger partial charge in [-0.25, -0.2) is 0 Å². The molecule has 3 fully saturated rings. The van der Waals surface area contributed by atoms with E-state index in [1.54, 1.807) is 0 Å². The molecule has 21 heavy (non-hydrogen) atoms. The molecule has 3 saturated carbocycles. The van der Waals surface area contributed by atoms with Crippen LogP contribution in [0.15, 0.2) is 0 Å². The number of aliphatic carboxylic acids is 1. The minimum absolute atomic E-state index is 0.167. The summed E-state index contributed by atoms with van der Waals surface area (Å²) in [5.74, 6) is 0.203. The summed E-state index contributed by atoms with van der Waals surface area (Å²) in [6, 6.07) is 0.462. The SMILES string of the molecule is O=C(O)CC1(CC(=O)N(CC2CC2)C2CC2)CCCCC1. The van der Waals surface area contributed by atoms with Gasteiger partial charge in [-0.15, -0.1) is 0 Å². The maximum absolute atomic E-state index is 12.8. The minimum Gasteiger partial charge on any atom is -0.481 e. The third-order valence-corrected chi connectivity index (χ3v) is 5.43. The van der Waals surface area contributed by atoms with E-state index in [0.717, 1.165) is 51.0 Å². The number of hydrogen-bond donors (Lipinski definition) is 1. The van der Waals surface area contributed by atoms with E-state index in [4.69, 9.17) is 0 Å². The van der Waals surface area contributed by atoms with Gasteiger partial charge in [0, 0.05) is 19.0 Å². The number of carboxylic acids is 1. The van der Waals surface area contributed by atoms with E-state index in [1.807, 2.05) is 0 Å². The van der Waals surface area contributed by atoms with E-state index in [1.165, 1.54) is 19.3 Å². The average Bonchev–Trinajstić information content (AvgIpc) is 3.29.